The van der Waals surface area contributed by atoms with E-state index in [-0.39, 0.29) is 6.61 Å². The Morgan fingerprint density at radius 2 is 1.79 bits per heavy atom. The van der Waals surface area contributed by atoms with Gasteiger partial charge in [0.05, 0.1) is 22.3 Å². The number of methoxy groups -OCH3 is 1. The summed E-state index contributed by atoms with van der Waals surface area (Å²) in [5.74, 6) is 1.19. The second-order valence-electron chi connectivity index (χ2n) is 7.29. The molecule has 0 spiro atoms. The van der Waals surface area contributed by atoms with Gasteiger partial charge in [-0.2, -0.15) is 5.26 Å². The van der Waals surface area contributed by atoms with Crippen LogP contribution in [0, 0.1) is 14.9 Å². The van der Waals surface area contributed by atoms with Gasteiger partial charge in [0.1, 0.15) is 6.61 Å². The van der Waals surface area contributed by atoms with E-state index in [0.29, 0.717) is 27.1 Å². The summed E-state index contributed by atoms with van der Waals surface area (Å²) in [7, 11) is 1.59. The molecule has 0 aliphatic heterocycles. The summed E-state index contributed by atoms with van der Waals surface area (Å²) in [5.41, 5.74) is 3.10. The number of hydrogen-bond donors (Lipinski definition) is 0. The molecule has 164 valence electrons. The summed E-state index contributed by atoms with van der Waals surface area (Å²) in [4.78, 5) is 0. The van der Waals surface area contributed by atoms with Gasteiger partial charge < -0.3 is 9.47 Å². The number of allylic oxidation sites excluding steroid dienone is 1. The standard InChI is InChI=1S/C27H18Cl2INO2/c1-32-26-12-17(10-22(15-31)20-7-6-18-4-2-3-5-19(18)13-20)11-25(30)27(26)33-16-21-8-9-23(28)14-24(21)29/h2-14H,16H2,1H3/b22-10-. The van der Waals surface area contributed by atoms with Crippen molar-refractivity contribution in [3.63, 3.8) is 0 Å². The number of halogens is 3. The molecule has 0 unspecified atom stereocenters. The first kappa shape index (κ1) is 23.4. The highest BCUT2D eigenvalue weighted by Crippen LogP contribution is 2.36. The highest BCUT2D eigenvalue weighted by Gasteiger charge is 2.13. The summed E-state index contributed by atoms with van der Waals surface area (Å²) in [6.45, 7) is 0.276. The average molecular weight is 586 g/mol. The average Bonchev–Trinajstić information content (AvgIpc) is 2.82. The third kappa shape index (κ3) is 5.44. The fourth-order valence-corrected chi connectivity index (χ4v) is 4.70. The van der Waals surface area contributed by atoms with Gasteiger partial charge in [0.15, 0.2) is 11.5 Å². The van der Waals surface area contributed by atoms with Crippen molar-refractivity contribution >= 4 is 68.2 Å². The van der Waals surface area contributed by atoms with Crippen molar-refractivity contribution in [2.24, 2.45) is 0 Å². The van der Waals surface area contributed by atoms with Crippen LogP contribution in [0.4, 0.5) is 0 Å². The van der Waals surface area contributed by atoms with Crippen molar-refractivity contribution in [1.82, 2.24) is 0 Å². The molecule has 0 fully saturated rings. The highest BCUT2D eigenvalue weighted by atomic mass is 127. The molecule has 0 aromatic heterocycles. The molecule has 0 saturated heterocycles. The molecule has 0 heterocycles. The lowest BCUT2D eigenvalue weighted by molar-refractivity contribution is 0.282. The Balaban J connectivity index is 1.64. The molecule has 4 aromatic carbocycles. The zero-order valence-electron chi connectivity index (χ0n) is 17.6. The minimum atomic E-state index is 0.276. The molecular formula is C27H18Cl2INO2. The molecular weight excluding hydrogens is 568 g/mol. The number of rotatable bonds is 6. The van der Waals surface area contributed by atoms with E-state index < -0.39 is 0 Å². The zero-order valence-corrected chi connectivity index (χ0v) is 21.3. The third-order valence-corrected chi connectivity index (χ3v) is 6.52. The number of benzene rings is 4. The van der Waals surface area contributed by atoms with Gasteiger partial charge in [-0.3, -0.25) is 0 Å². The van der Waals surface area contributed by atoms with E-state index in [1.807, 2.05) is 60.7 Å². The second-order valence-corrected chi connectivity index (χ2v) is 9.30. The molecule has 0 atom stereocenters. The number of nitrogens with zero attached hydrogens (tertiary/aromatic N) is 1. The first-order chi connectivity index (χ1) is 16.0. The van der Waals surface area contributed by atoms with Gasteiger partial charge in [-0.1, -0.05) is 65.7 Å². The van der Waals surface area contributed by atoms with Crippen LogP contribution in [-0.2, 0) is 6.61 Å². The van der Waals surface area contributed by atoms with Crippen LogP contribution < -0.4 is 9.47 Å². The first-order valence-corrected chi connectivity index (χ1v) is 11.9. The molecule has 0 amide bonds. The number of hydrogen-bond acceptors (Lipinski definition) is 3. The molecule has 0 saturated carbocycles. The molecule has 33 heavy (non-hydrogen) atoms. The summed E-state index contributed by atoms with van der Waals surface area (Å²) in [6, 6.07) is 25.5. The van der Waals surface area contributed by atoms with Crippen molar-refractivity contribution in [3.8, 4) is 17.6 Å². The second kappa shape index (κ2) is 10.5. The Morgan fingerprint density at radius 1 is 1.00 bits per heavy atom. The van der Waals surface area contributed by atoms with Crippen LogP contribution in [0.5, 0.6) is 11.5 Å². The maximum Gasteiger partial charge on any atom is 0.174 e. The van der Waals surface area contributed by atoms with Gasteiger partial charge in [-0.15, -0.1) is 0 Å². The van der Waals surface area contributed by atoms with Gasteiger partial charge in [0.25, 0.3) is 0 Å². The van der Waals surface area contributed by atoms with Crippen molar-refractivity contribution in [2.75, 3.05) is 7.11 Å². The molecule has 3 nitrogen and oxygen atoms in total. The van der Waals surface area contributed by atoms with E-state index in [9.17, 15) is 5.26 Å². The van der Waals surface area contributed by atoms with Gasteiger partial charge in [-0.05, 0) is 80.9 Å². The normalized spacial score (nSPS) is 11.3. The Kier molecular flexibility index (Phi) is 7.44. The lowest BCUT2D eigenvalue weighted by atomic mass is 10.00. The van der Waals surface area contributed by atoms with Crippen LogP contribution in [0.1, 0.15) is 16.7 Å². The molecule has 0 radical (unpaired) electrons. The molecule has 0 aliphatic carbocycles. The van der Waals surface area contributed by atoms with E-state index in [2.05, 4.69) is 34.7 Å². The molecule has 0 bridgehead atoms. The van der Waals surface area contributed by atoms with Crippen molar-refractivity contribution in [3.05, 3.63) is 103 Å². The van der Waals surface area contributed by atoms with Gasteiger partial charge in [0.2, 0.25) is 0 Å². The summed E-state index contributed by atoms with van der Waals surface area (Å²) < 4.78 is 12.5. The Morgan fingerprint density at radius 3 is 2.52 bits per heavy atom. The minimum Gasteiger partial charge on any atom is -0.493 e. The minimum absolute atomic E-state index is 0.276. The third-order valence-electron chi connectivity index (χ3n) is 5.13. The molecule has 0 N–H and O–H groups in total. The topological polar surface area (TPSA) is 42.2 Å². The highest BCUT2D eigenvalue weighted by molar-refractivity contribution is 14.1. The van der Waals surface area contributed by atoms with Crippen LogP contribution in [-0.4, -0.2) is 7.11 Å². The SMILES string of the molecule is COc1cc(/C=C(/C#N)c2ccc3ccccc3c2)cc(I)c1OCc1ccc(Cl)cc1Cl. The molecule has 6 heteroatoms. The lowest BCUT2D eigenvalue weighted by Crippen LogP contribution is -2.01. The van der Waals surface area contributed by atoms with Crippen LogP contribution in [0.25, 0.3) is 22.4 Å². The van der Waals surface area contributed by atoms with Crippen molar-refractivity contribution < 1.29 is 9.47 Å². The van der Waals surface area contributed by atoms with Crippen molar-refractivity contribution in [2.45, 2.75) is 6.61 Å². The maximum atomic E-state index is 9.82. The number of nitriles is 1. The summed E-state index contributed by atoms with van der Waals surface area (Å²) in [5, 5.41) is 13.2. The number of ether oxygens (including phenoxy) is 2. The fourth-order valence-electron chi connectivity index (χ4n) is 3.46. The quantitative estimate of drug-likeness (QED) is 0.130. The van der Waals surface area contributed by atoms with Crippen LogP contribution in [0.15, 0.2) is 72.8 Å². The summed E-state index contributed by atoms with van der Waals surface area (Å²) >= 11 is 14.4. The predicted octanol–water partition coefficient (Wildman–Crippen LogP) is 8.40. The zero-order chi connectivity index (χ0) is 23.4. The van der Waals surface area contributed by atoms with Crippen LogP contribution >= 0.6 is 45.8 Å². The largest absolute Gasteiger partial charge is 0.493 e. The number of fused-ring (bicyclic) bond motifs is 1. The Bertz CT molecular complexity index is 1410. The van der Waals surface area contributed by atoms with Gasteiger partial charge in [0, 0.05) is 15.6 Å². The van der Waals surface area contributed by atoms with E-state index in [1.165, 1.54) is 0 Å². The fraction of sp³-hybridized carbons (Fsp3) is 0.0741. The maximum absolute atomic E-state index is 9.82. The monoisotopic (exact) mass is 585 g/mol. The van der Waals surface area contributed by atoms with E-state index in [4.69, 9.17) is 32.7 Å². The lowest BCUT2D eigenvalue weighted by Gasteiger charge is -2.14. The van der Waals surface area contributed by atoms with Crippen molar-refractivity contribution in [1.29, 1.82) is 5.26 Å². The van der Waals surface area contributed by atoms with Gasteiger partial charge in [-0.25, -0.2) is 0 Å². The molecule has 0 aliphatic rings. The summed E-state index contributed by atoms with van der Waals surface area (Å²) in [6.07, 6.45) is 1.86. The van der Waals surface area contributed by atoms with Crippen LogP contribution in [0.3, 0.4) is 0 Å². The van der Waals surface area contributed by atoms with E-state index in [0.717, 1.165) is 31.0 Å². The first-order valence-electron chi connectivity index (χ1n) is 10.0. The van der Waals surface area contributed by atoms with Gasteiger partial charge >= 0.3 is 0 Å². The Hall–Kier alpha value is -2.72. The van der Waals surface area contributed by atoms with E-state index in [1.54, 1.807) is 19.2 Å². The Labute approximate surface area is 216 Å². The predicted molar refractivity (Wildman–Crippen MR) is 144 cm³/mol. The molecule has 4 aromatic rings. The van der Waals surface area contributed by atoms with Crippen LogP contribution in [0.2, 0.25) is 10.0 Å². The van der Waals surface area contributed by atoms with E-state index >= 15 is 0 Å². The molecule has 4 rings (SSSR count). The smallest absolute Gasteiger partial charge is 0.174 e.